The maximum absolute atomic E-state index is 13.9. The van der Waals surface area contributed by atoms with E-state index in [1.54, 1.807) is 31.7 Å². The first-order valence-corrected chi connectivity index (χ1v) is 11.6. The Balaban J connectivity index is 1.79. The zero-order chi connectivity index (χ0) is 24.8. The number of esters is 2. The molecule has 0 saturated carbocycles. The number of nitrogens with zero attached hydrogens (tertiary/aromatic N) is 2. The molecule has 2 amide bonds. The average molecular weight is 475 g/mol. The van der Waals surface area contributed by atoms with Crippen LogP contribution in [0, 0.1) is 11.7 Å². The lowest BCUT2D eigenvalue weighted by atomic mass is 9.83. The van der Waals surface area contributed by atoms with Crippen LogP contribution < -0.4 is 0 Å². The van der Waals surface area contributed by atoms with Crippen molar-refractivity contribution in [2.75, 3.05) is 32.8 Å². The predicted molar refractivity (Wildman–Crippen MR) is 121 cm³/mol. The van der Waals surface area contributed by atoms with E-state index < -0.39 is 17.7 Å². The van der Waals surface area contributed by atoms with Crippen LogP contribution in [0.15, 0.2) is 35.5 Å². The summed E-state index contributed by atoms with van der Waals surface area (Å²) in [5.41, 5.74) is 1.09. The van der Waals surface area contributed by atoms with Gasteiger partial charge in [0.15, 0.2) is 0 Å². The minimum Gasteiger partial charge on any atom is -0.466 e. The molecule has 9 heteroatoms. The Kier molecular flexibility index (Phi) is 8.41. The molecular weight excluding hydrogens is 443 g/mol. The highest BCUT2D eigenvalue weighted by molar-refractivity contribution is 5.97. The number of carbonyl (C=O) groups excluding carboxylic acids is 4. The van der Waals surface area contributed by atoms with Crippen LogP contribution in [0.3, 0.4) is 0 Å². The molecule has 1 atom stereocenters. The van der Waals surface area contributed by atoms with Crippen molar-refractivity contribution in [1.82, 2.24) is 9.80 Å². The van der Waals surface area contributed by atoms with E-state index in [-0.39, 0.29) is 48.8 Å². The van der Waals surface area contributed by atoms with Crippen molar-refractivity contribution in [2.45, 2.75) is 46.0 Å². The van der Waals surface area contributed by atoms with E-state index in [0.29, 0.717) is 43.8 Å². The quantitative estimate of drug-likeness (QED) is 0.565. The smallest absolute Gasteiger partial charge is 0.336 e. The van der Waals surface area contributed by atoms with Gasteiger partial charge in [0.1, 0.15) is 12.4 Å². The summed E-state index contributed by atoms with van der Waals surface area (Å²) >= 11 is 0. The summed E-state index contributed by atoms with van der Waals surface area (Å²) in [6.07, 6.45) is 0.930. The van der Waals surface area contributed by atoms with Gasteiger partial charge in [-0.05, 0) is 51.3 Å². The van der Waals surface area contributed by atoms with Gasteiger partial charge in [-0.2, -0.15) is 0 Å². The highest BCUT2D eigenvalue weighted by Crippen LogP contribution is 2.37. The number of halogens is 1. The van der Waals surface area contributed by atoms with Crippen LogP contribution in [0.2, 0.25) is 0 Å². The molecule has 3 rings (SSSR count). The summed E-state index contributed by atoms with van der Waals surface area (Å²) < 4.78 is 24.2. The maximum Gasteiger partial charge on any atom is 0.336 e. The largest absolute Gasteiger partial charge is 0.466 e. The van der Waals surface area contributed by atoms with E-state index in [0.717, 1.165) is 0 Å². The lowest BCUT2D eigenvalue weighted by Gasteiger charge is -2.36. The van der Waals surface area contributed by atoms with Crippen LogP contribution in [0.25, 0.3) is 0 Å². The fourth-order valence-corrected chi connectivity index (χ4v) is 4.54. The molecule has 1 unspecified atom stereocenters. The molecule has 0 radical (unpaired) electrons. The van der Waals surface area contributed by atoms with Crippen LogP contribution in [0.4, 0.5) is 4.39 Å². The summed E-state index contributed by atoms with van der Waals surface area (Å²) in [7, 11) is 0. The van der Waals surface area contributed by atoms with Gasteiger partial charge in [-0.3, -0.25) is 14.4 Å². The summed E-state index contributed by atoms with van der Waals surface area (Å²) in [6, 6.07) is 5.80. The third-order valence-electron chi connectivity index (χ3n) is 6.33. The van der Waals surface area contributed by atoms with Crippen molar-refractivity contribution in [2.24, 2.45) is 5.92 Å². The first-order chi connectivity index (χ1) is 16.3. The van der Waals surface area contributed by atoms with Gasteiger partial charge in [-0.15, -0.1) is 0 Å². The summed E-state index contributed by atoms with van der Waals surface area (Å²) in [4.78, 5) is 53.7. The third-order valence-corrected chi connectivity index (χ3v) is 6.33. The van der Waals surface area contributed by atoms with Crippen molar-refractivity contribution in [3.63, 3.8) is 0 Å². The zero-order valence-corrected chi connectivity index (χ0v) is 19.8. The Hall–Kier alpha value is -3.23. The van der Waals surface area contributed by atoms with E-state index >= 15 is 0 Å². The van der Waals surface area contributed by atoms with Gasteiger partial charge < -0.3 is 19.3 Å². The van der Waals surface area contributed by atoms with Crippen LogP contribution in [-0.4, -0.2) is 66.4 Å². The lowest BCUT2D eigenvalue weighted by molar-refractivity contribution is -0.151. The second kappa shape index (κ2) is 11.3. The predicted octanol–water partition coefficient (Wildman–Crippen LogP) is 2.78. The molecule has 2 aliphatic heterocycles. The number of rotatable bonds is 7. The summed E-state index contributed by atoms with van der Waals surface area (Å²) in [6.45, 7) is 6.08. The average Bonchev–Trinajstić information content (AvgIpc) is 2.81. The number of benzene rings is 1. The molecule has 0 spiro atoms. The topological polar surface area (TPSA) is 93.2 Å². The summed E-state index contributed by atoms with van der Waals surface area (Å²) in [5, 5.41) is 0. The van der Waals surface area contributed by atoms with E-state index in [2.05, 4.69) is 0 Å². The van der Waals surface area contributed by atoms with Gasteiger partial charge in [0.05, 0.1) is 24.7 Å². The number of carbonyl (C=O) groups is 4. The van der Waals surface area contributed by atoms with Crippen molar-refractivity contribution < 1.29 is 33.0 Å². The minimum absolute atomic E-state index is 0.0762. The maximum atomic E-state index is 13.9. The number of hydrogen-bond acceptors (Lipinski definition) is 6. The molecule has 0 N–H and O–H groups in total. The third kappa shape index (κ3) is 5.63. The highest BCUT2D eigenvalue weighted by atomic mass is 19.1. The normalized spacial score (nSPS) is 19.3. The van der Waals surface area contributed by atoms with E-state index in [4.69, 9.17) is 9.47 Å². The Morgan fingerprint density at radius 3 is 2.38 bits per heavy atom. The van der Waals surface area contributed by atoms with Gasteiger partial charge in [0.2, 0.25) is 11.8 Å². The number of hydrogen-bond donors (Lipinski definition) is 0. The van der Waals surface area contributed by atoms with Gasteiger partial charge in [0.25, 0.3) is 0 Å². The molecule has 2 heterocycles. The number of amides is 2. The molecule has 0 bridgehead atoms. The molecule has 184 valence electrons. The lowest BCUT2D eigenvalue weighted by Crippen LogP contribution is -2.48. The Labute approximate surface area is 198 Å². The monoisotopic (exact) mass is 474 g/mol. The van der Waals surface area contributed by atoms with Crippen LogP contribution in [0.1, 0.15) is 51.5 Å². The van der Waals surface area contributed by atoms with Crippen LogP contribution >= 0.6 is 0 Å². The minimum atomic E-state index is -0.658. The number of likely N-dealkylation sites (tertiary alicyclic amines) is 1. The van der Waals surface area contributed by atoms with Crippen molar-refractivity contribution in [3.05, 3.63) is 46.9 Å². The number of allylic oxidation sites excluding steroid dienone is 1. The first-order valence-electron chi connectivity index (χ1n) is 11.6. The van der Waals surface area contributed by atoms with Crippen molar-refractivity contribution >= 4 is 23.8 Å². The van der Waals surface area contributed by atoms with E-state index in [9.17, 15) is 23.6 Å². The molecule has 1 saturated heterocycles. The second-order valence-corrected chi connectivity index (χ2v) is 8.42. The van der Waals surface area contributed by atoms with Crippen molar-refractivity contribution in [3.8, 4) is 0 Å². The number of piperidine rings is 1. The van der Waals surface area contributed by atoms with Gasteiger partial charge in [0, 0.05) is 31.1 Å². The molecule has 1 fully saturated rings. The van der Waals surface area contributed by atoms with Gasteiger partial charge in [-0.25, -0.2) is 9.18 Å². The molecule has 34 heavy (non-hydrogen) atoms. The molecule has 1 aromatic rings. The Morgan fingerprint density at radius 2 is 1.76 bits per heavy atom. The highest BCUT2D eigenvalue weighted by Gasteiger charge is 2.38. The Bertz CT molecular complexity index is 983. The van der Waals surface area contributed by atoms with E-state index in [1.807, 2.05) is 0 Å². The van der Waals surface area contributed by atoms with Gasteiger partial charge in [-0.1, -0.05) is 12.1 Å². The molecular formula is C25H31FN2O6. The number of ether oxygens (including phenoxy) is 2. The SMILES string of the molecule is CCOC(=O)C1=C(C)N(CC(=O)N2CCC(C(=O)OCC)CC2)C(=O)CC1c1cccc(F)c1. The fourth-order valence-electron chi connectivity index (χ4n) is 4.54. The molecule has 8 nitrogen and oxygen atoms in total. The second-order valence-electron chi connectivity index (χ2n) is 8.42. The fraction of sp³-hybridized carbons (Fsp3) is 0.520. The van der Waals surface area contributed by atoms with E-state index in [1.165, 1.54) is 23.1 Å². The van der Waals surface area contributed by atoms with Gasteiger partial charge >= 0.3 is 11.9 Å². The summed E-state index contributed by atoms with van der Waals surface area (Å²) in [5.74, 6) is -2.78. The van der Waals surface area contributed by atoms with Crippen molar-refractivity contribution in [1.29, 1.82) is 0 Å². The van der Waals surface area contributed by atoms with Crippen LogP contribution in [-0.2, 0) is 28.7 Å². The molecule has 0 aliphatic carbocycles. The molecule has 1 aromatic carbocycles. The standard InChI is InChI=1S/C25H31FN2O6/c1-4-33-24(31)17-9-11-27(12-10-17)22(30)15-28-16(3)23(25(32)34-5-2)20(14-21(28)29)18-7-6-8-19(26)13-18/h6-8,13,17,20H,4-5,9-12,14-15H2,1-3H3. The Morgan fingerprint density at radius 1 is 1.09 bits per heavy atom. The molecule has 0 aromatic heterocycles. The van der Waals surface area contributed by atoms with Crippen LogP contribution in [0.5, 0.6) is 0 Å². The first kappa shape index (κ1) is 25.4. The molecule has 2 aliphatic rings. The zero-order valence-electron chi connectivity index (χ0n) is 19.8.